The number of unbranched alkanes of at least 4 members (excludes halogenated alkanes) is 39. The molecule has 0 bridgehead atoms. The summed E-state index contributed by atoms with van der Waals surface area (Å²) in [7, 11) is 0. The van der Waals surface area contributed by atoms with E-state index in [1.54, 1.807) is 0 Å². The van der Waals surface area contributed by atoms with Crippen molar-refractivity contribution in [2.75, 3.05) is 13.2 Å². The third-order valence-electron chi connectivity index (χ3n) is 14.9. The second-order valence-corrected chi connectivity index (χ2v) is 22.7. The van der Waals surface area contributed by atoms with Crippen LogP contribution >= 0.6 is 0 Å². The second kappa shape index (κ2) is 66.4. The highest BCUT2D eigenvalue weighted by Crippen LogP contribution is 2.17. The molecule has 0 heterocycles. The molecule has 78 heavy (non-hydrogen) atoms. The van der Waals surface area contributed by atoms with Crippen molar-refractivity contribution in [3.63, 3.8) is 0 Å². The van der Waals surface area contributed by atoms with E-state index >= 15 is 0 Å². The number of rotatable bonds is 62. The van der Waals surface area contributed by atoms with Crippen LogP contribution < -0.4 is 0 Å². The van der Waals surface area contributed by atoms with Crippen molar-refractivity contribution in [3.05, 3.63) is 72.9 Å². The lowest BCUT2D eigenvalue weighted by Crippen LogP contribution is -2.30. The first kappa shape index (κ1) is 74.8. The normalized spacial score (nSPS) is 12.5. The molecule has 452 valence electrons. The first-order chi connectivity index (χ1) is 38.5. The molecule has 0 fully saturated rings. The van der Waals surface area contributed by atoms with E-state index in [4.69, 9.17) is 14.2 Å². The van der Waals surface area contributed by atoms with Crippen LogP contribution in [0.3, 0.4) is 0 Å². The topological polar surface area (TPSA) is 78.9 Å². The third kappa shape index (κ3) is 63.7. The van der Waals surface area contributed by atoms with Crippen molar-refractivity contribution >= 4 is 17.9 Å². The maximum atomic E-state index is 12.9. The molecular weight excluding hydrogens is 961 g/mol. The quantitative estimate of drug-likeness (QED) is 0.0261. The van der Waals surface area contributed by atoms with Gasteiger partial charge in [0.15, 0.2) is 6.10 Å². The van der Waals surface area contributed by atoms with Crippen molar-refractivity contribution < 1.29 is 28.6 Å². The molecule has 0 aliphatic heterocycles. The number of esters is 3. The Morgan fingerprint density at radius 1 is 0.269 bits per heavy atom. The monoisotopic (exact) mass is 1090 g/mol. The number of carbonyl (C=O) groups excluding carboxylic acids is 3. The number of ether oxygens (including phenoxy) is 3. The summed E-state index contributed by atoms with van der Waals surface area (Å²) in [4.78, 5) is 38.2. The number of carbonyl (C=O) groups is 3. The predicted octanol–water partition coefficient (Wildman–Crippen LogP) is 23.3. The first-order valence-corrected chi connectivity index (χ1v) is 33.9. The van der Waals surface area contributed by atoms with Gasteiger partial charge in [-0.15, -0.1) is 0 Å². The molecule has 0 saturated heterocycles. The molecule has 0 aromatic carbocycles. The zero-order valence-electron chi connectivity index (χ0n) is 51.9. The van der Waals surface area contributed by atoms with E-state index in [1.807, 2.05) is 0 Å². The molecule has 0 amide bonds. The van der Waals surface area contributed by atoms with Crippen molar-refractivity contribution in [1.29, 1.82) is 0 Å². The van der Waals surface area contributed by atoms with Gasteiger partial charge in [-0.2, -0.15) is 0 Å². The SMILES string of the molecule is CC/C=C\C/C=C\C/C=C\C/C=C\C/C=C\CCCCCCCCCCCCCCCCCC(=O)OCC(COC(=O)CCCCCCCCCC)OC(=O)CCCCCCCCCCC/C=C\CCCCCCCCCC. The van der Waals surface area contributed by atoms with Gasteiger partial charge in [0.2, 0.25) is 0 Å². The Kier molecular flexibility index (Phi) is 63.7. The summed E-state index contributed by atoms with van der Waals surface area (Å²) in [5.74, 6) is -0.860. The predicted molar refractivity (Wildman–Crippen MR) is 339 cm³/mol. The zero-order chi connectivity index (χ0) is 56.4. The second-order valence-electron chi connectivity index (χ2n) is 22.7. The van der Waals surface area contributed by atoms with Gasteiger partial charge in [0.25, 0.3) is 0 Å². The molecule has 1 atom stereocenters. The van der Waals surface area contributed by atoms with Gasteiger partial charge in [-0.3, -0.25) is 14.4 Å². The van der Waals surface area contributed by atoms with E-state index < -0.39 is 6.10 Å². The Morgan fingerprint density at radius 3 is 0.795 bits per heavy atom. The highest BCUT2D eigenvalue weighted by molar-refractivity contribution is 5.71. The first-order valence-electron chi connectivity index (χ1n) is 33.9. The van der Waals surface area contributed by atoms with E-state index in [9.17, 15) is 14.4 Å². The van der Waals surface area contributed by atoms with Gasteiger partial charge in [0, 0.05) is 19.3 Å². The lowest BCUT2D eigenvalue weighted by atomic mass is 10.0. The maximum Gasteiger partial charge on any atom is 0.306 e. The molecule has 6 heteroatoms. The molecule has 0 aromatic rings. The highest BCUT2D eigenvalue weighted by Gasteiger charge is 2.19. The van der Waals surface area contributed by atoms with E-state index in [1.165, 1.54) is 218 Å². The lowest BCUT2D eigenvalue weighted by Gasteiger charge is -2.18. The minimum absolute atomic E-state index is 0.0715. The number of hydrogen-bond acceptors (Lipinski definition) is 6. The van der Waals surface area contributed by atoms with Crippen molar-refractivity contribution in [3.8, 4) is 0 Å². The average Bonchev–Trinajstić information content (AvgIpc) is 3.44. The lowest BCUT2D eigenvalue weighted by molar-refractivity contribution is -0.167. The van der Waals surface area contributed by atoms with Crippen LogP contribution in [0.15, 0.2) is 72.9 Å². The summed E-state index contributed by atoms with van der Waals surface area (Å²) in [6.45, 7) is 6.54. The molecule has 0 N–H and O–H groups in total. The molecule has 6 nitrogen and oxygen atoms in total. The largest absolute Gasteiger partial charge is 0.462 e. The molecular formula is C72H128O6. The van der Waals surface area contributed by atoms with Crippen molar-refractivity contribution in [1.82, 2.24) is 0 Å². The van der Waals surface area contributed by atoms with Crippen LogP contribution in [0.25, 0.3) is 0 Å². The number of hydrogen-bond donors (Lipinski definition) is 0. The van der Waals surface area contributed by atoms with Gasteiger partial charge >= 0.3 is 17.9 Å². The van der Waals surface area contributed by atoms with E-state index in [0.717, 1.165) is 89.9 Å². The van der Waals surface area contributed by atoms with Crippen LogP contribution in [0.5, 0.6) is 0 Å². The summed E-state index contributed by atoms with van der Waals surface area (Å²) in [6.07, 6.45) is 86.6. The smallest absolute Gasteiger partial charge is 0.306 e. The standard InChI is InChI=1S/C72H128O6/c1-4-7-10-13-16-19-21-23-25-27-29-31-32-33-34-35-36-37-38-39-40-42-43-45-47-49-51-53-56-59-62-65-71(74)77-68-69(67-76-70(73)64-61-58-55-18-15-12-9-6-3)78-72(75)66-63-60-57-54-52-50-48-46-44-41-30-28-26-24-22-20-17-14-11-8-5-2/h7,10,16,19,23,25,28-31,33-34,69H,4-6,8-9,11-15,17-18,20-22,24,26-27,32,35-68H2,1-3H3/b10-7-,19-16-,25-23-,30-28-,31-29-,34-33-. The summed E-state index contributed by atoms with van der Waals surface area (Å²) in [5.41, 5.74) is 0. The number of allylic oxidation sites excluding steroid dienone is 12. The maximum absolute atomic E-state index is 12.9. The van der Waals surface area contributed by atoms with Gasteiger partial charge in [-0.1, -0.05) is 312 Å². The van der Waals surface area contributed by atoms with Gasteiger partial charge in [-0.25, -0.2) is 0 Å². The molecule has 0 aliphatic rings. The highest BCUT2D eigenvalue weighted by atomic mass is 16.6. The summed E-state index contributed by atoms with van der Waals surface area (Å²) >= 11 is 0. The van der Waals surface area contributed by atoms with Crippen LogP contribution in [0.2, 0.25) is 0 Å². The summed E-state index contributed by atoms with van der Waals surface area (Å²) in [6, 6.07) is 0. The average molecular weight is 1090 g/mol. The fourth-order valence-corrected chi connectivity index (χ4v) is 9.88. The molecule has 0 aromatic heterocycles. The summed E-state index contributed by atoms with van der Waals surface area (Å²) < 4.78 is 16.9. The Labute approximate surface area is 484 Å². The van der Waals surface area contributed by atoms with Crippen LogP contribution in [0.4, 0.5) is 0 Å². The van der Waals surface area contributed by atoms with Crippen LogP contribution in [-0.2, 0) is 28.6 Å². The van der Waals surface area contributed by atoms with Crippen molar-refractivity contribution in [2.45, 2.75) is 354 Å². The minimum Gasteiger partial charge on any atom is -0.462 e. The Morgan fingerprint density at radius 2 is 0.500 bits per heavy atom. The Hall–Kier alpha value is -3.15. The van der Waals surface area contributed by atoms with Crippen molar-refractivity contribution in [2.24, 2.45) is 0 Å². The van der Waals surface area contributed by atoms with Crippen LogP contribution in [-0.4, -0.2) is 37.2 Å². The van der Waals surface area contributed by atoms with Gasteiger partial charge < -0.3 is 14.2 Å². The zero-order valence-corrected chi connectivity index (χ0v) is 51.9. The molecule has 0 spiro atoms. The minimum atomic E-state index is -0.773. The fourth-order valence-electron chi connectivity index (χ4n) is 9.88. The van der Waals surface area contributed by atoms with E-state index in [0.29, 0.717) is 19.3 Å². The van der Waals surface area contributed by atoms with E-state index in [-0.39, 0.29) is 31.1 Å². The van der Waals surface area contributed by atoms with Gasteiger partial charge in [0.05, 0.1) is 0 Å². The van der Waals surface area contributed by atoms with Crippen LogP contribution in [0, 0.1) is 0 Å². The Balaban J connectivity index is 4.09. The molecule has 1 unspecified atom stereocenters. The molecule has 0 rings (SSSR count). The molecule has 0 saturated carbocycles. The van der Waals surface area contributed by atoms with Crippen LogP contribution in [0.1, 0.15) is 348 Å². The van der Waals surface area contributed by atoms with Gasteiger partial charge in [-0.05, 0) is 89.9 Å². The molecule has 0 radical (unpaired) electrons. The Bertz CT molecular complexity index is 1440. The summed E-state index contributed by atoms with van der Waals surface area (Å²) in [5, 5.41) is 0. The fraction of sp³-hybridized carbons (Fsp3) is 0.792. The van der Waals surface area contributed by atoms with Gasteiger partial charge in [0.1, 0.15) is 13.2 Å². The van der Waals surface area contributed by atoms with E-state index in [2.05, 4.69) is 93.7 Å². The molecule has 0 aliphatic carbocycles. The third-order valence-corrected chi connectivity index (χ3v) is 14.9.